The molecule has 8 heteroatoms. The van der Waals surface area contributed by atoms with Crippen molar-refractivity contribution in [1.29, 1.82) is 0 Å². The number of amides is 2. The molecule has 2 rings (SSSR count). The average Bonchev–Trinajstić information content (AvgIpc) is 2.58. The van der Waals surface area contributed by atoms with Crippen LogP contribution >= 0.6 is 0 Å². The van der Waals surface area contributed by atoms with Crippen molar-refractivity contribution in [3.63, 3.8) is 0 Å². The number of likely N-dealkylation sites (tertiary alicyclic amines) is 1. The van der Waals surface area contributed by atoms with Gasteiger partial charge in [-0.15, -0.1) is 0 Å². The van der Waals surface area contributed by atoms with Crippen molar-refractivity contribution in [1.82, 2.24) is 10.2 Å². The van der Waals surface area contributed by atoms with Crippen LogP contribution in [-0.2, 0) is 9.59 Å². The van der Waals surface area contributed by atoms with Crippen molar-refractivity contribution < 1.29 is 14.5 Å². The van der Waals surface area contributed by atoms with Gasteiger partial charge in [-0.2, -0.15) is 0 Å². The Morgan fingerprint density at radius 3 is 2.72 bits per heavy atom. The Balaban J connectivity index is 1.73. The number of nitro groups is 1. The fourth-order valence-corrected chi connectivity index (χ4v) is 2.79. The zero-order valence-electron chi connectivity index (χ0n) is 14.2. The molecule has 0 aliphatic carbocycles. The molecule has 2 N–H and O–H groups in total. The molecule has 0 aromatic heterocycles. The summed E-state index contributed by atoms with van der Waals surface area (Å²) in [4.78, 5) is 36.1. The van der Waals surface area contributed by atoms with E-state index in [2.05, 4.69) is 10.6 Å². The lowest BCUT2D eigenvalue weighted by atomic mass is 10.1. The second kappa shape index (κ2) is 9.61. The fraction of sp³-hybridized carbons (Fsp3) is 0.529. The molecule has 25 heavy (non-hydrogen) atoms. The number of nitrogens with zero attached hydrogens (tertiary/aromatic N) is 2. The molecule has 1 aliphatic heterocycles. The first-order chi connectivity index (χ1) is 12.1. The molecule has 1 heterocycles. The van der Waals surface area contributed by atoms with Crippen molar-refractivity contribution in [2.24, 2.45) is 0 Å². The standard InChI is InChI=1S/C17H24N4O4/c22-16(13-20-12-6-2-1-3-9-17(20)23)19-11-10-18-14-7-4-5-8-15(14)21(24)25/h4-5,7-8,18H,1-3,6,9-13H2,(H,19,22). The summed E-state index contributed by atoms with van der Waals surface area (Å²) in [6.45, 7) is 1.39. The van der Waals surface area contributed by atoms with Crippen LogP contribution in [0.3, 0.4) is 0 Å². The van der Waals surface area contributed by atoms with E-state index >= 15 is 0 Å². The molecule has 0 unspecified atom stereocenters. The van der Waals surface area contributed by atoms with Crippen LogP contribution in [0.15, 0.2) is 24.3 Å². The molecule has 1 fully saturated rings. The van der Waals surface area contributed by atoms with Crippen LogP contribution in [-0.4, -0.2) is 47.8 Å². The van der Waals surface area contributed by atoms with Crippen LogP contribution in [0.2, 0.25) is 0 Å². The monoisotopic (exact) mass is 348 g/mol. The predicted octanol–water partition coefficient (Wildman–Crippen LogP) is 1.92. The predicted molar refractivity (Wildman–Crippen MR) is 94.3 cm³/mol. The van der Waals surface area contributed by atoms with Crippen molar-refractivity contribution in [3.8, 4) is 0 Å². The van der Waals surface area contributed by atoms with Crippen LogP contribution in [0.1, 0.15) is 32.1 Å². The van der Waals surface area contributed by atoms with Crippen molar-refractivity contribution in [2.75, 3.05) is 31.5 Å². The molecule has 2 amide bonds. The molecule has 1 aromatic rings. The van der Waals surface area contributed by atoms with E-state index in [-0.39, 0.29) is 24.0 Å². The topological polar surface area (TPSA) is 105 Å². The van der Waals surface area contributed by atoms with Gasteiger partial charge < -0.3 is 15.5 Å². The third kappa shape index (κ3) is 6.06. The number of nitro benzene ring substituents is 1. The minimum absolute atomic E-state index is 0.0000510. The number of carbonyl (C=O) groups is 2. The number of hydrogen-bond donors (Lipinski definition) is 2. The van der Waals surface area contributed by atoms with E-state index in [4.69, 9.17) is 0 Å². The average molecular weight is 348 g/mol. The van der Waals surface area contributed by atoms with Gasteiger partial charge in [0.05, 0.1) is 11.5 Å². The lowest BCUT2D eigenvalue weighted by Gasteiger charge is -2.24. The molecule has 136 valence electrons. The highest BCUT2D eigenvalue weighted by atomic mass is 16.6. The fourth-order valence-electron chi connectivity index (χ4n) is 2.79. The summed E-state index contributed by atoms with van der Waals surface area (Å²) in [6.07, 6.45) is 4.48. The first-order valence-electron chi connectivity index (χ1n) is 8.59. The summed E-state index contributed by atoms with van der Waals surface area (Å²) in [5, 5.41) is 16.6. The Kier molecular flexibility index (Phi) is 7.18. The first-order valence-corrected chi connectivity index (χ1v) is 8.59. The molecule has 1 aliphatic rings. The van der Waals surface area contributed by atoms with Gasteiger partial charge in [-0.3, -0.25) is 19.7 Å². The molecule has 8 nitrogen and oxygen atoms in total. The summed E-state index contributed by atoms with van der Waals surface area (Å²) < 4.78 is 0. The maximum absolute atomic E-state index is 12.0. The first kappa shape index (κ1) is 18.7. The Hall–Kier alpha value is -2.64. The molecule has 0 saturated carbocycles. The summed E-state index contributed by atoms with van der Waals surface area (Å²) in [7, 11) is 0. The second-order valence-electron chi connectivity index (χ2n) is 6.03. The molecule has 0 atom stereocenters. The molecular weight excluding hydrogens is 324 g/mol. The zero-order valence-corrected chi connectivity index (χ0v) is 14.2. The molecule has 1 aromatic carbocycles. The lowest BCUT2D eigenvalue weighted by Crippen LogP contribution is -2.42. The van der Waals surface area contributed by atoms with Crippen LogP contribution < -0.4 is 10.6 Å². The van der Waals surface area contributed by atoms with Gasteiger partial charge in [0.1, 0.15) is 5.69 Å². The minimum atomic E-state index is -0.450. The van der Waals surface area contributed by atoms with E-state index < -0.39 is 4.92 Å². The van der Waals surface area contributed by atoms with Gasteiger partial charge in [0.2, 0.25) is 11.8 Å². The summed E-state index contributed by atoms with van der Waals surface area (Å²) in [5.74, 6) is -0.175. The lowest BCUT2D eigenvalue weighted by molar-refractivity contribution is -0.384. The summed E-state index contributed by atoms with van der Waals surface area (Å²) in [6, 6.07) is 6.36. The Labute approximate surface area is 146 Å². The number of hydrogen-bond acceptors (Lipinski definition) is 5. The van der Waals surface area contributed by atoms with Crippen LogP contribution in [0.4, 0.5) is 11.4 Å². The highest BCUT2D eigenvalue weighted by Gasteiger charge is 2.18. The minimum Gasteiger partial charge on any atom is -0.378 e. The zero-order chi connectivity index (χ0) is 18.1. The van der Waals surface area contributed by atoms with Crippen LogP contribution in [0.5, 0.6) is 0 Å². The Morgan fingerprint density at radius 1 is 1.16 bits per heavy atom. The third-order valence-electron chi connectivity index (χ3n) is 4.12. The number of carbonyl (C=O) groups excluding carboxylic acids is 2. The molecule has 0 radical (unpaired) electrons. The molecular formula is C17H24N4O4. The van der Waals surface area contributed by atoms with Crippen LogP contribution in [0.25, 0.3) is 0 Å². The highest BCUT2D eigenvalue weighted by molar-refractivity contribution is 5.84. The van der Waals surface area contributed by atoms with Gasteiger partial charge in [-0.25, -0.2) is 0 Å². The van der Waals surface area contributed by atoms with Gasteiger partial charge >= 0.3 is 0 Å². The van der Waals surface area contributed by atoms with E-state index in [9.17, 15) is 19.7 Å². The third-order valence-corrected chi connectivity index (χ3v) is 4.12. The summed E-state index contributed by atoms with van der Waals surface area (Å²) in [5.41, 5.74) is 0.417. The van der Waals surface area contributed by atoms with E-state index in [1.54, 1.807) is 23.1 Å². The number of nitrogens with one attached hydrogen (secondary N) is 2. The van der Waals surface area contributed by atoms with Crippen molar-refractivity contribution in [3.05, 3.63) is 34.4 Å². The maximum Gasteiger partial charge on any atom is 0.292 e. The SMILES string of the molecule is O=C(CN1CCCCCCC1=O)NCCNc1ccccc1[N+](=O)[O-]. The largest absolute Gasteiger partial charge is 0.378 e. The van der Waals surface area contributed by atoms with Crippen molar-refractivity contribution >= 4 is 23.2 Å². The molecule has 0 spiro atoms. The highest BCUT2D eigenvalue weighted by Crippen LogP contribution is 2.22. The van der Waals surface area contributed by atoms with Gasteiger partial charge in [0.15, 0.2) is 0 Å². The normalized spacial score (nSPS) is 15.2. The summed E-state index contributed by atoms with van der Waals surface area (Å²) >= 11 is 0. The van der Waals surface area contributed by atoms with Gasteiger partial charge in [0.25, 0.3) is 5.69 Å². The van der Waals surface area contributed by atoms with Gasteiger partial charge in [-0.1, -0.05) is 25.0 Å². The Morgan fingerprint density at radius 2 is 1.92 bits per heavy atom. The van der Waals surface area contributed by atoms with E-state index in [0.29, 0.717) is 31.7 Å². The number of rotatable bonds is 7. The molecule has 1 saturated heterocycles. The molecule has 0 bridgehead atoms. The van der Waals surface area contributed by atoms with Crippen molar-refractivity contribution in [2.45, 2.75) is 32.1 Å². The smallest absolute Gasteiger partial charge is 0.292 e. The Bertz CT molecular complexity index is 620. The van der Waals surface area contributed by atoms with E-state index in [0.717, 1.165) is 25.7 Å². The van der Waals surface area contributed by atoms with E-state index in [1.165, 1.54) is 6.07 Å². The second-order valence-corrected chi connectivity index (χ2v) is 6.03. The van der Waals surface area contributed by atoms with Crippen LogP contribution in [0, 0.1) is 10.1 Å². The number of anilines is 1. The quantitative estimate of drug-likeness (QED) is 0.445. The van der Waals surface area contributed by atoms with Gasteiger partial charge in [-0.05, 0) is 18.9 Å². The number of benzene rings is 1. The maximum atomic E-state index is 12.0. The number of para-hydroxylation sites is 2. The van der Waals surface area contributed by atoms with E-state index in [1.807, 2.05) is 0 Å². The van der Waals surface area contributed by atoms with Gasteiger partial charge in [0, 0.05) is 32.1 Å².